The lowest BCUT2D eigenvalue weighted by Crippen LogP contribution is -2.33. The number of anilines is 1. The molecule has 0 aromatic carbocycles. The molecule has 0 spiro atoms. The second-order valence-electron chi connectivity index (χ2n) is 4.91. The molecule has 0 saturated carbocycles. The number of carbonyl (C=O) groups is 1. The van der Waals surface area contributed by atoms with Crippen LogP contribution >= 0.6 is 0 Å². The molecule has 0 bridgehead atoms. The first-order chi connectivity index (χ1) is 9.54. The van der Waals surface area contributed by atoms with Gasteiger partial charge in [0, 0.05) is 38.1 Å². The summed E-state index contributed by atoms with van der Waals surface area (Å²) >= 11 is 0. The Morgan fingerprint density at radius 3 is 2.60 bits per heavy atom. The van der Waals surface area contributed by atoms with Crippen molar-refractivity contribution in [1.82, 2.24) is 9.88 Å². The van der Waals surface area contributed by atoms with Gasteiger partial charge in [-0.2, -0.15) is 0 Å². The zero-order valence-electron chi connectivity index (χ0n) is 13.0. The number of amides is 1. The van der Waals surface area contributed by atoms with Crippen molar-refractivity contribution in [3.63, 3.8) is 0 Å². The molecule has 5 heteroatoms. The number of aromatic nitrogens is 1. The monoisotopic (exact) mass is 278 g/mol. The Kier molecular flexibility index (Phi) is 6.45. The molecule has 0 aliphatic carbocycles. The van der Waals surface area contributed by atoms with Crippen LogP contribution in [0.4, 0.5) is 5.69 Å². The minimum absolute atomic E-state index is 0.0169. The quantitative estimate of drug-likeness (QED) is 0.825. The summed E-state index contributed by atoms with van der Waals surface area (Å²) in [5.74, 6) is -0.0169. The summed E-state index contributed by atoms with van der Waals surface area (Å²) in [6.45, 7) is 8.11. The largest absolute Gasteiger partial charge is 0.372 e. The summed E-state index contributed by atoms with van der Waals surface area (Å²) in [5.41, 5.74) is 7.09. The Morgan fingerprint density at radius 2 is 2.05 bits per heavy atom. The van der Waals surface area contributed by atoms with Crippen LogP contribution in [0.2, 0.25) is 0 Å². The maximum Gasteiger partial charge on any atom is 0.272 e. The summed E-state index contributed by atoms with van der Waals surface area (Å²) in [6.07, 6.45) is 2.61. The highest BCUT2D eigenvalue weighted by Crippen LogP contribution is 2.17. The summed E-state index contributed by atoms with van der Waals surface area (Å²) in [5, 5.41) is 0. The number of carbonyl (C=O) groups excluding carboxylic acids is 1. The van der Waals surface area contributed by atoms with E-state index in [2.05, 4.69) is 16.8 Å². The van der Waals surface area contributed by atoms with Crippen molar-refractivity contribution in [2.75, 3.05) is 31.6 Å². The normalized spacial score (nSPS) is 12.1. The molecule has 0 radical (unpaired) electrons. The SMILES string of the molecule is CCN(CC)C(=O)c1cc(N(C)C(C)CCN)ccn1. The standard InChI is InChI=1S/C15H26N4O/c1-5-19(6-2)15(20)14-11-13(8-10-17-14)18(4)12(3)7-9-16/h8,10-12H,5-7,9,16H2,1-4H3. The van der Waals surface area contributed by atoms with E-state index in [0.717, 1.165) is 12.1 Å². The van der Waals surface area contributed by atoms with E-state index in [9.17, 15) is 4.79 Å². The number of nitrogens with two attached hydrogens (primary N) is 1. The van der Waals surface area contributed by atoms with Gasteiger partial charge in [0.25, 0.3) is 5.91 Å². The fourth-order valence-electron chi connectivity index (χ4n) is 2.12. The van der Waals surface area contributed by atoms with E-state index in [1.54, 1.807) is 11.1 Å². The highest BCUT2D eigenvalue weighted by atomic mass is 16.2. The number of hydrogen-bond acceptors (Lipinski definition) is 4. The zero-order valence-corrected chi connectivity index (χ0v) is 13.0. The lowest BCUT2D eigenvalue weighted by atomic mass is 10.2. The average Bonchev–Trinajstić information content (AvgIpc) is 2.48. The average molecular weight is 278 g/mol. The number of hydrogen-bond donors (Lipinski definition) is 1. The molecule has 0 aliphatic heterocycles. The van der Waals surface area contributed by atoms with Crippen molar-refractivity contribution in [3.05, 3.63) is 24.0 Å². The van der Waals surface area contributed by atoms with Crippen molar-refractivity contribution in [2.45, 2.75) is 33.2 Å². The highest BCUT2D eigenvalue weighted by Gasteiger charge is 2.16. The minimum atomic E-state index is -0.0169. The molecule has 1 heterocycles. The molecule has 1 aromatic rings. The third-order valence-corrected chi connectivity index (χ3v) is 3.67. The maximum atomic E-state index is 12.3. The topological polar surface area (TPSA) is 62.5 Å². The smallest absolute Gasteiger partial charge is 0.272 e. The second-order valence-corrected chi connectivity index (χ2v) is 4.91. The first kappa shape index (κ1) is 16.4. The number of rotatable bonds is 7. The van der Waals surface area contributed by atoms with Crippen molar-refractivity contribution in [1.29, 1.82) is 0 Å². The van der Waals surface area contributed by atoms with Crippen LogP contribution in [0.1, 0.15) is 37.7 Å². The molecule has 0 aliphatic rings. The molecule has 0 fully saturated rings. The summed E-state index contributed by atoms with van der Waals surface area (Å²) in [4.78, 5) is 20.4. The molecule has 20 heavy (non-hydrogen) atoms. The van der Waals surface area contributed by atoms with Crippen LogP contribution in [0.3, 0.4) is 0 Å². The van der Waals surface area contributed by atoms with Gasteiger partial charge in [-0.15, -0.1) is 0 Å². The van der Waals surface area contributed by atoms with Crippen LogP contribution < -0.4 is 10.6 Å². The number of pyridine rings is 1. The van der Waals surface area contributed by atoms with Gasteiger partial charge in [0.15, 0.2) is 0 Å². The minimum Gasteiger partial charge on any atom is -0.372 e. The third kappa shape index (κ3) is 3.93. The van der Waals surface area contributed by atoms with E-state index >= 15 is 0 Å². The van der Waals surface area contributed by atoms with Crippen LogP contribution in [0.25, 0.3) is 0 Å². The van der Waals surface area contributed by atoms with Crippen LogP contribution in [0.5, 0.6) is 0 Å². The third-order valence-electron chi connectivity index (χ3n) is 3.67. The zero-order chi connectivity index (χ0) is 15.1. The highest BCUT2D eigenvalue weighted by molar-refractivity contribution is 5.93. The Morgan fingerprint density at radius 1 is 1.40 bits per heavy atom. The molecule has 1 amide bonds. The van der Waals surface area contributed by atoms with Crippen LogP contribution in [-0.2, 0) is 0 Å². The van der Waals surface area contributed by atoms with Gasteiger partial charge in [-0.25, -0.2) is 0 Å². The van der Waals surface area contributed by atoms with Crippen molar-refractivity contribution in [3.8, 4) is 0 Å². The Labute approximate surface area is 121 Å². The molecule has 1 atom stereocenters. The summed E-state index contributed by atoms with van der Waals surface area (Å²) < 4.78 is 0. The Hall–Kier alpha value is -1.62. The lowest BCUT2D eigenvalue weighted by molar-refractivity contribution is 0.0767. The van der Waals surface area contributed by atoms with Gasteiger partial charge in [-0.3, -0.25) is 9.78 Å². The Bertz CT molecular complexity index is 432. The molecule has 5 nitrogen and oxygen atoms in total. The Balaban J connectivity index is 2.93. The molecular formula is C15H26N4O. The molecule has 1 aromatic heterocycles. The second kappa shape index (κ2) is 7.85. The van der Waals surface area contributed by atoms with Gasteiger partial charge in [0.2, 0.25) is 0 Å². The van der Waals surface area contributed by atoms with Crippen molar-refractivity contribution < 1.29 is 4.79 Å². The van der Waals surface area contributed by atoms with Crippen LogP contribution in [-0.4, -0.2) is 48.5 Å². The van der Waals surface area contributed by atoms with E-state index in [1.807, 2.05) is 33.0 Å². The van der Waals surface area contributed by atoms with E-state index in [-0.39, 0.29) is 5.91 Å². The molecular weight excluding hydrogens is 252 g/mol. The summed E-state index contributed by atoms with van der Waals surface area (Å²) in [6, 6.07) is 4.11. The number of nitrogens with zero attached hydrogens (tertiary/aromatic N) is 3. The molecule has 0 saturated heterocycles. The van der Waals surface area contributed by atoms with Gasteiger partial charge < -0.3 is 15.5 Å². The lowest BCUT2D eigenvalue weighted by Gasteiger charge is -2.27. The molecule has 1 rings (SSSR count). The van der Waals surface area contributed by atoms with Gasteiger partial charge in [-0.05, 0) is 45.9 Å². The van der Waals surface area contributed by atoms with E-state index in [4.69, 9.17) is 5.73 Å². The van der Waals surface area contributed by atoms with Crippen LogP contribution in [0.15, 0.2) is 18.3 Å². The first-order valence-corrected chi connectivity index (χ1v) is 7.23. The van der Waals surface area contributed by atoms with Crippen molar-refractivity contribution in [2.24, 2.45) is 5.73 Å². The fraction of sp³-hybridized carbons (Fsp3) is 0.600. The predicted molar refractivity (Wildman–Crippen MR) is 83.0 cm³/mol. The first-order valence-electron chi connectivity index (χ1n) is 7.23. The van der Waals surface area contributed by atoms with Crippen molar-refractivity contribution >= 4 is 11.6 Å². The maximum absolute atomic E-state index is 12.3. The molecule has 2 N–H and O–H groups in total. The van der Waals surface area contributed by atoms with E-state index < -0.39 is 0 Å². The van der Waals surface area contributed by atoms with Gasteiger partial charge >= 0.3 is 0 Å². The van der Waals surface area contributed by atoms with E-state index in [1.165, 1.54) is 0 Å². The predicted octanol–water partition coefficient (Wildman–Crippen LogP) is 1.74. The van der Waals surface area contributed by atoms with E-state index in [0.29, 0.717) is 31.4 Å². The summed E-state index contributed by atoms with van der Waals surface area (Å²) in [7, 11) is 2.02. The molecule has 1 unspecified atom stereocenters. The van der Waals surface area contributed by atoms with Gasteiger partial charge in [-0.1, -0.05) is 0 Å². The van der Waals surface area contributed by atoms with Crippen LogP contribution in [0, 0.1) is 0 Å². The fourth-order valence-corrected chi connectivity index (χ4v) is 2.12. The van der Waals surface area contributed by atoms with Gasteiger partial charge in [0.1, 0.15) is 5.69 Å². The van der Waals surface area contributed by atoms with Gasteiger partial charge in [0.05, 0.1) is 0 Å². The molecule has 112 valence electrons.